The van der Waals surface area contributed by atoms with Crippen molar-refractivity contribution in [1.29, 1.82) is 0 Å². The van der Waals surface area contributed by atoms with Gasteiger partial charge in [0.15, 0.2) is 5.92 Å². The summed E-state index contributed by atoms with van der Waals surface area (Å²) in [5, 5.41) is 0. The second-order valence-electron chi connectivity index (χ2n) is 3.75. The topological polar surface area (TPSA) is 63.7 Å². The van der Waals surface area contributed by atoms with Crippen molar-refractivity contribution < 1.29 is 19.1 Å². The zero-order valence-corrected chi connectivity index (χ0v) is 9.47. The quantitative estimate of drug-likeness (QED) is 0.404. The van der Waals surface area contributed by atoms with Crippen LogP contribution in [0.1, 0.15) is 21.8 Å². The Bertz CT molecular complexity index is 509. The molecule has 0 radical (unpaired) electrons. The molecule has 1 aromatic rings. The number of esters is 1. The van der Waals surface area contributed by atoms with Crippen molar-refractivity contribution in [3.05, 3.63) is 35.4 Å². The lowest BCUT2D eigenvalue weighted by molar-refractivity contribution is -0.148. The third kappa shape index (κ3) is 1.60. The molecule has 5 nitrogen and oxygen atoms in total. The summed E-state index contributed by atoms with van der Waals surface area (Å²) in [7, 11) is 2.57. The molecule has 1 aliphatic heterocycles. The van der Waals surface area contributed by atoms with Gasteiger partial charge in [0.05, 0.1) is 7.11 Å². The van der Waals surface area contributed by atoms with Crippen molar-refractivity contribution in [2.24, 2.45) is 0 Å². The molecule has 1 atom stereocenters. The van der Waals surface area contributed by atoms with Gasteiger partial charge in [-0.25, -0.2) is 0 Å². The highest BCUT2D eigenvalue weighted by Crippen LogP contribution is 2.29. The molecular weight excluding hydrogens is 222 g/mol. The summed E-state index contributed by atoms with van der Waals surface area (Å²) in [6, 6.07) is 6.56. The first kappa shape index (κ1) is 11.3. The summed E-state index contributed by atoms with van der Waals surface area (Å²) < 4.78 is 4.60. The molecule has 88 valence electrons. The minimum Gasteiger partial charge on any atom is -0.468 e. The van der Waals surface area contributed by atoms with Gasteiger partial charge >= 0.3 is 5.97 Å². The molecule has 0 saturated carbocycles. The van der Waals surface area contributed by atoms with E-state index in [0.717, 1.165) is 4.90 Å². The fourth-order valence-corrected chi connectivity index (χ4v) is 1.90. The van der Waals surface area contributed by atoms with E-state index in [1.165, 1.54) is 14.2 Å². The summed E-state index contributed by atoms with van der Waals surface area (Å²) in [5.74, 6) is -2.65. The average molecular weight is 233 g/mol. The fourth-order valence-electron chi connectivity index (χ4n) is 1.90. The molecule has 1 aliphatic rings. The number of benzene rings is 1. The van der Waals surface area contributed by atoms with Gasteiger partial charge in [-0.05, 0) is 11.6 Å². The van der Waals surface area contributed by atoms with Crippen LogP contribution >= 0.6 is 0 Å². The van der Waals surface area contributed by atoms with Crippen LogP contribution < -0.4 is 0 Å². The number of hydrogen-bond donors (Lipinski definition) is 0. The highest BCUT2D eigenvalue weighted by atomic mass is 16.5. The van der Waals surface area contributed by atoms with Crippen LogP contribution in [0.25, 0.3) is 0 Å². The van der Waals surface area contributed by atoms with Crippen LogP contribution in [0.5, 0.6) is 0 Å². The van der Waals surface area contributed by atoms with Gasteiger partial charge in [0.1, 0.15) is 0 Å². The first-order valence-electron chi connectivity index (χ1n) is 5.06. The lowest BCUT2D eigenvalue weighted by Gasteiger charge is -2.28. The van der Waals surface area contributed by atoms with Crippen LogP contribution in [0.4, 0.5) is 0 Å². The van der Waals surface area contributed by atoms with E-state index in [2.05, 4.69) is 4.74 Å². The lowest BCUT2D eigenvalue weighted by atomic mass is 9.89. The maximum atomic E-state index is 11.9. The molecule has 0 fully saturated rings. The number of rotatable bonds is 1. The van der Waals surface area contributed by atoms with E-state index >= 15 is 0 Å². The van der Waals surface area contributed by atoms with Gasteiger partial charge in [0.2, 0.25) is 5.91 Å². The molecule has 0 N–H and O–H groups in total. The average Bonchev–Trinajstić information content (AvgIpc) is 2.36. The Balaban J connectivity index is 2.61. The molecular formula is C12H11NO4. The Hall–Kier alpha value is -2.17. The summed E-state index contributed by atoms with van der Waals surface area (Å²) >= 11 is 0. The zero-order valence-electron chi connectivity index (χ0n) is 9.47. The molecule has 1 unspecified atom stereocenters. The normalized spacial score (nSPS) is 18.9. The molecule has 2 amide bonds. The number of carbonyl (C=O) groups excluding carboxylic acids is 3. The summed E-state index contributed by atoms with van der Waals surface area (Å²) in [6.45, 7) is 0. The lowest BCUT2D eigenvalue weighted by Crippen LogP contribution is -2.44. The highest BCUT2D eigenvalue weighted by Gasteiger charge is 2.41. The number of ether oxygens (including phenoxy) is 1. The van der Waals surface area contributed by atoms with Gasteiger partial charge in [-0.1, -0.05) is 18.2 Å². The van der Waals surface area contributed by atoms with E-state index in [-0.39, 0.29) is 0 Å². The van der Waals surface area contributed by atoms with E-state index in [4.69, 9.17) is 0 Å². The van der Waals surface area contributed by atoms with Crippen molar-refractivity contribution in [3.63, 3.8) is 0 Å². The Morgan fingerprint density at radius 3 is 2.59 bits per heavy atom. The first-order valence-corrected chi connectivity index (χ1v) is 5.06. The molecule has 5 heteroatoms. The van der Waals surface area contributed by atoms with Gasteiger partial charge in [-0.2, -0.15) is 0 Å². The maximum absolute atomic E-state index is 11.9. The summed E-state index contributed by atoms with van der Waals surface area (Å²) in [5.41, 5.74) is 0.775. The van der Waals surface area contributed by atoms with E-state index in [1.807, 2.05) is 0 Å². The molecule has 1 aromatic carbocycles. The largest absolute Gasteiger partial charge is 0.468 e. The Labute approximate surface area is 98.0 Å². The van der Waals surface area contributed by atoms with Crippen LogP contribution in [0.3, 0.4) is 0 Å². The second-order valence-corrected chi connectivity index (χ2v) is 3.75. The number of fused-ring (bicyclic) bond motifs is 1. The van der Waals surface area contributed by atoms with Crippen molar-refractivity contribution >= 4 is 17.8 Å². The van der Waals surface area contributed by atoms with Gasteiger partial charge in [0.25, 0.3) is 5.91 Å². The van der Waals surface area contributed by atoms with E-state index in [1.54, 1.807) is 24.3 Å². The molecule has 0 aromatic heterocycles. The monoisotopic (exact) mass is 233 g/mol. The van der Waals surface area contributed by atoms with Crippen molar-refractivity contribution in [1.82, 2.24) is 4.90 Å². The number of hydrogen-bond acceptors (Lipinski definition) is 4. The highest BCUT2D eigenvalue weighted by molar-refractivity contribution is 6.17. The van der Waals surface area contributed by atoms with Crippen LogP contribution in [0, 0.1) is 0 Å². The van der Waals surface area contributed by atoms with Crippen LogP contribution in [0.2, 0.25) is 0 Å². The first-order chi connectivity index (χ1) is 8.07. The van der Waals surface area contributed by atoms with E-state index < -0.39 is 23.7 Å². The summed E-state index contributed by atoms with van der Waals surface area (Å²) in [4.78, 5) is 36.3. The summed E-state index contributed by atoms with van der Waals surface area (Å²) in [6.07, 6.45) is 0. The molecule has 1 heterocycles. The number of carbonyl (C=O) groups is 3. The zero-order chi connectivity index (χ0) is 12.6. The third-order valence-corrected chi connectivity index (χ3v) is 2.82. The Morgan fingerprint density at radius 2 is 1.94 bits per heavy atom. The molecule has 0 spiro atoms. The number of methoxy groups -OCH3 is 1. The number of likely N-dealkylation sites (N-methyl/N-ethyl adjacent to an activating group) is 1. The molecule has 0 aliphatic carbocycles. The standard InChI is InChI=1S/C12H11NO4/c1-13-10(14)8-6-4-3-5-7(8)9(11(13)15)12(16)17-2/h3-6,9H,1-2H3. The van der Waals surface area contributed by atoms with Gasteiger partial charge in [0, 0.05) is 12.6 Å². The molecule has 0 bridgehead atoms. The van der Waals surface area contributed by atoms with Gasteiger partial charge in [-0.15, -0.1) is 0 Å². The second kappa shape index (κ2) is 4.01. The van der Waals surface area contributed by atoms with Gasteiger partial charge in [-0.3, -0.25) is 19.3 Å². The minimum absolute atomic E-state index is 0.366. The SMILES string of the molecule is COC(=O)C1C(=O)N(C)C(=O)c2ccccc21. The van der Waals surface area contributed by atoms with Crippen LogP contribution in [-0.4, -0.2) is 36.8 Å². The van der Waals surface area contributed by atoms with Crippen LogP contribution in [0.15, 0.2) is 24.3 Å². The fraction of sp³-hybridized carbons (Fsp3) is 0.250. The Morgan fingerprint density at radius 1 is 1.29 bits per heavy atom. The van der Waals surface area contributed by atoms with Crippen molar-refractivity contribution in [2.45, 2.75) is 5.92 Å². The third-order valence-electron chi connectivity index (χ3n) is 2.82. The molecule has 17 heavy (non-hydrogen) atoms. The van der Waals surface area contributed by atoms with Crippen molar-refractivity contribution in [2.75, 3.05) is 14.2 Å². The maximum Gasteiger partial charge on any atom is 0.322 e. The predicted octanol–water partition coefficient (Wildman–Crippen LogP) is 0.555. The van der Waals surface area contributed by atoms with E-state index in [0.29, 0.717) is 11.1 Å². The predicted molar refractivity (Wildman–Crippen MR) is 58.3 cm³/mol. The molecule has 2 rings (SSSR count). The van der Waals surface area contributed by atoms with Crippen LogP contribution in [-0.2, 0) is 14.3 Å². The van der Waals surface area contributed by atoms with Gasteiger partial charge < -0.3 is 4.74 Å². The number of nitrogens with zero attached hydrogens (tertiary/aromatic N) is 1. The molecule has 0 saturated heterocycles. The van der Waals surface area contributed by atoms with Crippen molar-refractivity contribution in [3.8, 4) is 0 Å². The van der Waals surface area contributed by atoms with E-state index in [9.17, 15) is 14.4 Å². The smallest absolute Gasteiger partial charge is 0.322 e. The number of imide groups is 1. The minimum atomic E-state index is -1.04. The Kier molecular flexibility index (Phi) is 2.67. The number of amides is 2.